The Bertz CT molecular complexity index is 1320. The standard InChI is InChI=1S/C22H22O13/c1-32-11-2-7(21-19(30)17(28)14-9(25)4-8(24)5-10(14)33-21)3-12(15(11)26)34-22-20(31)18(29)16(27)13(6-23)35-22/h2-5,13,16,18,20,22-27,29-31H,6H2,1H3/t13-,16-,18+,20-,22+/m1/s1. The van der Waals surface area contributed by atoms with Crippen molar-refractivity contribution in [2.75, 3.05) is 13.7 Å². The lowest BCUT2D eigenvalue weighted by Gasteiger charge is -2.39. The van der Waals surface area contributed by atoms with Gasteiger partial charge in [-0.15, -0.1) is 0 Å². The second-order valence-electron chi connectivity index (χ2n) is 7.79. The Morgan fingerprint density at radius 1 is 0.914 bits per heavy atom. The van der Waals surface area contributed by atoms with Gasteiger partial charge in [0.25, 0.3) is 0 Å². The molecule has 2 heterocycles. The number of aromatic hydroxyl groups is 4. The molecule has 5 atom stereocenters. The molecule has 1 aliphatic rings. The van der Waals surface area contributed by atoms with Crippen molar-refractivity contribution in [3.63, 3.8) is 0 Å². The van der Waals surface area contributed by atoms with Crippen LogP contribution in [0.15, 0.2) is 33.5 Å². The molecule has 1 saturated heterocycles. The van der Waals surface area contributed by atoms with Gasteiger partial charge in [0.05, 0.1) is 13.7 Å². The number of phenolic OH excluding ortho intramolecular Hbond substituents is 3. The van der Waals surface area contributed by atoms with E-state index in [0.29, 0.717) is 0 Å². The second kappa shape index (κ2) is 9.13. The van der Waals surface area contributed by atoms with Gasteiger partial charge in [-0.25, -0.2) is 0 Å². The molecule has 1 fully saturated rings. The van der Waals surface area contributed by atoms with E-state index in [1.807, 2.05) is 0 Å². The Morgan fingerprint density at radius 2 is 1.60 bits per heavy atom. The van der Waals surface area contributed by atoms with Gasteiger partial charge in [-0.1, -0.05) is 0 Å². The summed E-state index contributed by atoms with van der Waals surface area (Å²) in [7, 11) is 1.20. The summed E-state index contributed by atoms with van der Waals surface area (Å²) >= 11 is 0. The van der Waals surface area contributed by atoms with Crippen LogP contribution < -0.4 is 14.9 Å². The molecule has 13 nitrogen and oxygen atoms in total. The molecule has 13 heteroatoms. The number of hydrogen-bond donors (Lipinski definition) is 8. The highest BCUT2D eigenvalue weighted by atomic mass is 16.7. The fourth-order valence-electron chi connectivity index (χ4n) is 3.72. The minimum Gasteiger partial charge on any atom is -0.508 e. The third-order valence-corrected chi connectivity index (χ3v) is 5.55. The van der Waals surface area contributed by atoms with Gasteiger partial charge in [0, 0.05) is 17.7 Å². The summed E-state index contributed by atoms with van der Waals surface area (Å²) in [6, 6.07) is 4.21. The second-order valence-corrected chi connectivity index (χ2v) is 7.79. The first-order valence-corrected chi connectivity index (χ1v) is 10.2. The van der Waals surface area contributed by atoms with Gasteiger partial charge in [-0.2, -0.15) is 0 Å². The van der Waals surface area contributed by atoms with Crippen molar-refractivity contribution in [3.05, 3.63) is 34.5 Å². The molecule has 4 rings (SSSR count). The first kappa shape index (κ1) is 24.4. The van der Waals surface area contributed by atoms with Crippen LogP contribution >= 0.6 is 0 Å². The van der Waals surface area contributed by atoms with Crippen molar-refractivity contribution < 1.29 is 59.5 Å². The Kier molecular flexibility index (Phi) is 6.36. The van der Waals surface area contributed by atoms with Crippen LogP contribution in [0, 0.1) is 0 Å². The predicted octanol–water partition coefficient (Wildman–Crippen LogP) is -0.530. The minimum atomic E-state index is -1.79. The lowest BCUT2D eigenvalue weighted by atomic mass is 9.99. The van der Waals surface area contributed by atoms with Crippen molar-refractivity contribution in [1.29, 1.82) is 0 Å². The Balaban J connectivity index is 1.82. The number of ether oxygens (including phenoxy) is 3. The van der Waals surface area contributed by atoms with E-state index in [4.69, 9.17) is 18.6 Å². The van der Waals surface area contributed by atoms with Crippen molar-refractivity contribution in [2.45, 2.75) is 30.7 Å². The largest absolute Gasteiger partial charge is 0.508 e. The van der Waals surface area contributed by atoms with Gasteiger partial charge >= 0.3 is 0 Å². The first-order valence-electron chi connectivity index (χ1n) is 10.2. The number of benzene rings is 2. The summed E-state index contributed by atoms with van der Waals surface area (Å²) in [4.78, 5) is 12.7. The van der Waals surface area contributed by atoms with Gasteiger partial charge in [-0.3, -0.25) is 4.79 Å². The molecule has 3 aromatic rings. The Hall–Kier alpha value is -3.75. The Morgan fingerprint density at radius 3 is 2.26 bits per heavy atom. The highest BCUT2D eigenvalue weighted by Gasteiger charge is 2.45. The average Bonchev–Trinajstić information content (AvgIpc) is 2.82. The van der Waals surface area contributed by atoms with E-state index in [-0.39, 0.29) is 22.3 Å². The zero-order valence-corrected chi connectivity index (χ0v) is 18.0. The zero-order valence-electron chi connectivity index (χ0n) is 18.0. The maximum Gasteiger partial charge on any atom is 0.238 e. The number of methoxy groups -OCH3 is 1. The van der Waals surface area contributed by atoms with Gasteiger partial charge in [-0.05, 0) is 12.1 Å². The van der Waals surface area contributed by atoms with Crippen molar-refractivity contribution >= 4 is 11.0 Å². The smallest absolute Gasteiger partial charge is 0.238 e. The highest BCUT2D eigenvalue weighted by molar-refractivity contribution is 5.88. The molecule has 0 bridgehead atoms. The monoisotopic (exact) mass is 494 g/mol. The maximum atomic E-state index is 12.7. The summed E-state index contributed by atoms with van der Waals surface area (Å²) in [6.07, 6.45) is -8.13. The number of hydrogen-bond acceptors (Lipinski definition) is 13. The fraction of sp³-hybridized carbons (Fsp3) is 0.318. The number of phenols is 3. The molecule has 0 unspecified atom stereocenters. The lowest BCUT2D eigenvalue weighted by Crippen LogP contribution is -2.60. The SMILES string of the molecule is COc1cc(-c2oc3cc(O)cc(O)c3c(=O)c2O)cc(O[C@H]2O[C@H](CO)[C@@H](O)[C@H](O)[C@H]2O)c1O. The van der Waals surface area contributed by atoms with Crippen LogP contribution in [0.1, 0.15) is 0 Å². The molecule has 0 amide bonds. The van der Waals surface area contributed by atoms with Crippen LogP contribution in [0.2, 0.25) is 0 Å². The van der Waals surface area contributed by atoms with E-state index in [0.717, 1.165) is 18.2 Å². The van der Waals surface area contributed by atoms with E-state index in [1.54, 1.807) is 0 Å². The molecule has 0 radical (unpaired) electrons. The molecule has 188 valence electrons. The topological polar surface area (TPSA) is 220 Å². The van der Waals surface area contributed by atoms with Crippen molar-refractivity contribution in [2.24, 2.45) is 0 Å². The summed E-state index contributed by atoms with van der Waals surface area (Å²) in [5.74, 6) is -3.61. The molecule has 0 spiro atoms. The number of aliphatic hydroxyl groups excluding tert-OH is 4. The molecule has 1 aromatic heterocycles. The van der Waals surface area contributed by atoms with Crippen LogP contribution in [-0.4, -0.2) is 85.3 Å². The van der Waals surface area contributed by atoms with Crippen LogP contribution in [0.3, 0.4) is 0 Å². The molecule has 8 N–H and O–H groups in total. The summed E-state index contributed by atoms with van der Waals surface area (Å²) in [6.45, 7) is -0.712. The summed E-state index contributed by atoms with van der Waals surface area (Å²) in [5, 5.41) is 79.8. The fourth-order valence-corrected chi connectivity index (χ4v) is 3.72. The van der Waals surface area contributed by atoms with Gasteiger partial charge < -0.3 is 59.5 Å². The molecule has 1 aliphatic heterocycles. The van der Waals surface area contributed by atoms with Gasteiger partial charge in [0.15, 0.2) is 17.3 Å². The van der Waals surface area contributed by atoms with Crippen LogP contribution in [0.25, 0.3) is 22.3 Å². The normalized spacial score (nSPS) is 24.4. The summed E-state index contributed by atoms with van der Waals surface area (Å²) < 4.78 is 21.4. The van der Waals surface area contributed by atoms with Gasteiger partial charge in [0.2, 0.25) is 23.2 Å². The predicted molar refractivity (Wildman–Crippen MR) is 116 cm³/mol. The zero-order chi connectivity index (χ0) is 25.6. The number of aliphatic hydroxyl groups is 4. The molecular formula is C22H22O13. The van der Waals surface area contributed by atoms with E-state index in [9.17, 15) is 45.6 Å². The maximum absolute atomic E-state index is 12.7. The quantitative estimate of drug-likeness (QED) is 0.224. The van der Waals surface area contributed by atoms with Crippen LogP contribution in [-0.2, 0) is 4.74 Å². The van der Waals surface area contributed by atoms with E-state index in [1.165, 1.54) is 13.2 Å². The molecule has 35 heavy (non-hydrogen) atoms. The molecule has 0 aliphatic carbocycles. The van der Waals surface area contributed by atoms with Gasteiger partial charge in [0.1, 0.15) is 46.9 Å². The Labute approximate surface area is 195 Å². The third kappa shape index (κ3) is 4.15. The summed E-state index contributed by atoms with van der Waals surface area (Å²) in [5.41, 5.74) is -1.34. The molecular weight excluding hydrogens is 472 g/mol. The molecule has 0 saturated carbocycles. The lowest BCUT2D eigenvalue weighted by molar-refractivity contribution is -0.277. The van der Waals surface area contributed by atoms with Crippen LogP contribution in [0.4, 0.5) is 0 Å². The highest BCUT2D eigenvalue weighted by Crippen LogP contribution is 2.44. The van der Waals surface area contributed by atoms with E-state index >= 15 is 0 Å². The number of rotatable bonds is 5. The first-order chi connectivity index (χ1) is 16.6. The van der Waals surface area contributed by atoms with E-state index < -0.39 is 77.2 Å². The van der Waals surface area contributed by atoms with Crippen molar-refractivity contribution in [3.8, 4) is 45.8 Å². The average molecular weight is 494 g/mol. The number of fused-ring (bicyclic) bond motifs is 1. The minimum absolute atomic E-state index is 0.0708. The third-order valence-electron chi connectivity index (χ3n) is 5.55. The van der Waals surface area contributed by atoms with Crippen molar-refractivity contribution in [1.82, 2.24) is 0 Å². The molecule has 2 aromatic carbocycles. The van der Waals surface area contributed by atoms with Crippen LogP contribution in [0.5, 0.6) is 34.5 Å². The van der Waals surface area contributed by atoms with E-state index in [2.05, 4.69) is 0 Å².